The first-order valence-electron chi connectivity index (χ1n) is 5.20. The van der Waals surface area contributed by atoms with Crippen LogP contribution in [0.2, 0.25) is 0 Å². The van der Waals surface area contributed by atoms with Crippen molar-refractivity contribution < 1.29 is 5.11 Å². The largest absolute Gasteiger partial charge is 0.508 e. The van der Waals surface area contributed by atoms with Gasteiger partial charge in [-0.05, 0) is 41.3 Å². The number of fused-ring (bicyclic) bond motifs is 1. The Balaban J connectivity index is 2.33. The molecule has 15 heavy (non-hydrogen) atoms. The molecule has 0 aliphatic heterocycles. The Bertz CT molecular complexity index is 529. The van der Waals surface area contributed by atoms with E-state index in [-0.39, 0.29) is 5.54 Å². The Labute approximate surface area is 88.3 Å². The zero-order valence-electron chi connectivity index (χ0n) is 8.40. The molecule has 2 aromatic carbocycles. The average molecular weight is 199 g/mol. The van der Waals surface area contributed by atoms with Gasteiger partial charge in [0.15, 0.2) is 0 Å². The summed E-state index contributed by atoms with van der Waals surface area (Å²) in [7, 11) is 0. The van der Waals surface area contributed by atoms with Crippen molar-refractivity contribution >= 4 is 10.8 Å². The van der Waals surface area contributed by atoms with Crippen LogP contribution in [-0.4, -0.2) is 5.11 Å². The second kappa shape index (κ2) is 2.74. The third-order valence-corrected chi connectivity index (χ3v) is 3.19. The van der Waals surface area contributed by atoms with Gasteiger partial charge in [-0.3, -0.25) is 0 Å². The van der Waals surface area contributed by atoms with Gasteiger partial charge in [-0.2, -0.15) is 0 Å². The van der Waals surface area contributed by atoms with Crippen LogP contribution in [0.5, 0.6) is 5.75 Å². The molecule has 2 aromatic rings. The van der Waals surface area contributed by atoms with Crippen LogP contribution in [0.1, 0.15) is 18.4 Å². The lowest BCUT2D eigenvalue weighted by Crippen LogP contribution is -2.18. The van der Waals surface area contributed by atoms with E-state index in [1.54, 1.807) is 12.1 Å². The molecule has 1 aliphatic rings. The second-order valence-corrected chi connectivity index (χ2v) is 4.37. The van der Waals surface area contributed by atoms with E-state index in [2.05, 4.69) is 6.07 Å². The molecule has 1 saturated carbocycles. The van der Waals surface area contributed by atoms with Crippen LogP contribution < -0.4 is 5.73 Å². The number of rotatable bonds is 1. The van der Waals surface area contributed by atoms with Gasteiger partial charge < -0.3 is 10.8 Å². The minimum Gasteiger partial charge on any atom is -0.508 e. The van der Waals surface area contributed by atoms with Crippen LogP contribution in [0.3, 0.4) is 0 Å². The molecule has 0 radical (unpaired) electrons. The van der Waals surface area contributed by atoms with Crippen LogP contribution in [0.15, 0.2) is 36.4 Å². The summed E-state index contributed by atoms with van der Waals surface area (Å²) >= 11 is 0. The summed E-state index contributed by atoms with van der Waals surface area (Å²) in [5, 5.41) is 11.7. The predicted molar refractivity (Wildman–Crippen MR) is 60.7 cm³/mol. The van der Waals surface area contributed by atoms with E-state index in [4.69, 9.17) is 5.73 Å². The smallest absolute Gasteiger partial charge is 0.116 e. The highest BCUT2D eigenvalue weighted by Gasteiger charge is 2.40. The molecule has 0 saturated heterocycles. The maximum Gasteiger partial charge on any atom is 0.116 e. The summed E-state index contributed by atoms with van der Waals surface area (Å²) in [6.07, 6.45) is 2.09. The first-order valence-corrected chi connectivity index (χ1v) is 5.20. The van der Waals surface area contributed by atoms with Crippen molar-refractivity contribution in [2.75, 3.05) is 0 Å². The molecular weight excluding hydrogens is 186 g/mol. The molecule has 2 heteroatoms. The van der Waals surface area contributed by atoms with Crippen LogP contribution >= 0.6 is 0 Å². The third-order valence-electron chi connectivity index (χ3n) is 3.19. The fraction of sp³-hybridized carbons (Fsp3) is 0.231. The molecule has 0 amide bonds. The zero-order valence-corrected chi connectivity index (χ0v) is 8.40. The maximum absolute atomic E-state index is 9.50. The van der Waals surface area contributed by atoms with Crippen LogP contribution in [0.4, 0.5) is 0 Å². The second-order valence-electron chi connectivity index (χ2n) is 4.37. The lowest BCUT2D eigenvalue weighted by atomic mass is 9.97. The van der Waals surface area contributed by atoms with Gasteiger partial charge in [-0.15, -0.1) is 0 Å². The lowest BCUT2D eigenvalue weighted by molar-refractivity contribution is 0.476. The fourth-order valence-corrected chi connectivity index (χ4v) is 2.10. The van der Waals surface area contributed by atoms with Gasteiger partial charge >= 0.3 is 0 Å². The van der Waals surface area contributed by atoms with Crippen molar-refractivity contribution in [3.05, 3.63) is 42.0 Å². The summed E-state index contributed by atoms with van der Waals surface area (Å²) in [6.45, 7) is 0. The molecule has 1 fully saturated rings. The Morgan fingerprint density at radius 3 is 2.67 bits per heavy atom. The third kappa shape index (κ3) is 1.29. The molecule has 0 spiro atoms. The quantitative estimate of drug-likeness (QED) is 0.741. The van der Waals surface area contributed by atoms with Gasteiger partial charge in [0.1, 0.15) is 5.75 Å². The van der Waals surface area contributed by atoms with E-state index in [0.717, 1.165) is 29.2 Å². The predicted octanol–water partition coefficient (Wildman–Crippen LogP) is 2.49. The van der Waals surface area contributed by atoms with Gasteiger partial charge in [0, 0.05) is 5.54 Å². The Morgan fingerprint density at radius 2 is 1.93 bits per heavy atom. The molecule has 3 N–H and O–H groups in total. The van der Waals surface area contributed by atoms with Crippen LogP contribution in [-0.2, 0) is 5.54 Å². The van der Waals surface area contributed by atoms with Gasteiger partial charge in [0.25, 0.3) is 0 Å². The maximum atomic E-state index is 9.50. The molecule has 0 heterocycles. The number of hydrogen-bond acceptors (Lipinski definition) is 2. The van der Waals surface area contributed by atoms with Crippen molar-refractivity contribution in [1.82, 2.24) is 0 Å². The molecule has 0 aromatic heterocycles. The van der Waals surface area contributed by atoms with E-state index in [1.165, 1.54) is 0 Å². The number of aromatic hydroxyl groups is 1. The molecule has 1 aliphatic carbocycles. The van der Waals surface area contributed by atoms with Gasteiger partial charge in [0.05, 0.1) is 0 Å². The molecule has 0 bridgehead atoms. The minimum absolute atomic E-state index is 0.146. The normalized spacial score (nSPS) is 17.9. The topological polar surface area (TPSA) is 46.2 Å². The number of hydrogen-bond donors (Lipinski definition) is 2. The highest BCUT2D eigenvalue weighted by atomic mass is 16.3. The highest BCUT2D eigenvalue weighted by molar-refractivity contribution is 5.88. The van der Waals surface area contributed by atoms with E-state index in [9.17, 15) is 5.11 Å². The molecule has 3 rings (SSSR count). The fourth-order valence-electron chi connectivity index (χ4n) is 2.10. The molecule has 0 unspecified atom stereocenters. The van der Waals surface area contributed by atoms with Crippen LogP contribution in [0, 0.1) is 0 Å². The van der Waals surface area contributed by atoms with Gasteiger partial charge in [-0.25, -0.2) is 0 Å². The summed E-state index contributed by atoms with van der Waals surface area (Å²) in [6, 6.07) is 11.6. The van der Waals surface area contributed by atoms with Gasteiger partial charge in [0.2, 0.25) is 0 Å². The Kier molecular flexibility index (Phi) is 1.59. The van der Waals surface area contributed by atoms with E-state index in [1.807, 2.05) is 18.2 Å². The molecule has 76 valence electrons. The molecular formula is C13H13NO. The SMILES string of the molecule is NC1(c2cccc3ccc(O)cc23)CC1. The van der Waals surface area contributed by atoms with E-state index in [0.29, 0.717) is 5.75 Å². The average Bonchev–Trinajstić information content (AvgIpc) is 2.96. The summed E-state index contributed by atoms with van der Waals surface area (Å²) in [5.74, 6) is 0.305. The van der Waals surface area contributed by atoms with Crippen molar-refractivity contribution in [3.8, 4) is 5.75 Å². The summed E-state index contributed by atoms with van der Waals surface area (Å²) in [5.41, 5.74) is 7.22. The van der Waals surface area contributed by atoms with Crippen molar-refractivity contribution in [1.29, 1.82) is 0 Å². The standard InChI is InChI=1S/C13H13NO/c14-13(6-7-13)12-3-1-2-9-4-5-10(15)8-11(9)12/h1-5,8,15H,6-7,14H2. The molecule has 0 atom stereocenters. The first kappa shape index (κ1) is 8.74. The number of phenolic OH excluding ortho intramolecular Hbond substituents is 1. The van der Waals surface area contributed by atoms with Crippen molar-refractivity contribution in [2.45, 2.75) is 18.4 Å². The summed E-state index contributed by atoms with van der Waals surface area (Å²) < 4.78 is 0. The van der Waals surface area contributed by atoms with E-state index < -0.39 is 0 Å². The number of benzene rings is 2. The van der Waals surface area contributed by atoms with Crippen molar-refractivity contribution in [2.24, 2.45) is 5.73 Å². The minimum atomic E-state index is -0.146. The van der Waals surface area contributed by atoms with Crippen LogP contribution in [0.25, 0.3) is 10.8 Å². The lowest BCUT2D eigenvalue weighted by Gasteiger charge is -2.12. The zero-order chi connectivity index (χ0) is 10.5. The Morgan fingerprint density at radius 1 is 1.13 bits per heavy atom. The monoisotopic (exact) mass is 199 g/mol. The number of nitrogens with two attached hydrogens (primary N) is 1. The summed E-state index contributed by atoms with van der Waals surface area (Å²) in [4.78, 5) is 0. The van der Waals surface area contributed by atoms with Gasteiger partial charge in [-0.1, -0.05) is 24.3 Å². The van der Waals surface area contributed by atoms with E-state index >= 15 is 0 Å². The number of phenols is 1. The first-order chi connectivity index (χ1) is 7.19. The van der Waals surface area contributed by atoms with Crippen molar-refractivity contribution in [3.63, 3.8) is 0 Å². The molecule has 2 nitrogen and oxygen atoms in total. The highest BCUT2D eigenvalue weighted by Crippen LogP contribution is 2.45. The Hall–Kier alpha value is -1.54.